The topological polar surface area (TPSA) is 3.24 Å². The molecule has 1 atom stereocenters. The molecule has 1 nitrogen and oxygen atoms in total. The summed E-state index contributed by atoms with van der Waals surface area (Å²) >= 11 is 0. The Balaban J connectivity index is 1.72. The van der Waals surface area contributed by atoms with Gasteiger partial charge >= 0.3 is 0 Å². The van der Waals surface area contributed by atoms with Gasteiger partial charge in [0.1, 0.15) is 0 Å². The molecule has 0 bridgehead atoms. The number of nitrogens with zero attached hydrogens (tertiary/aromatic N) is 1. The average molecular weight is 299 g/mol. The molecule has 2 heterocycles. The molecule has 23 heavy (non-hydrogen) atoms. The molecule has 2 aliphatic rings. The molecule has 0 radical (unpaired) electrons. The summed E-state index contributed by atoms with van der Waals surface area (Å²) in [6.07, 6.45) is 3.77. The molecule has 0 aliphatic carbocycles. The Kier molecular flexibility index (Phi) is 2.94. The van der Waals surface area contributed by atoms with Crippen LogP contribution in [0.3, 0.4) is 0 Å². The van der Waals surface area contributed by atoms with E-state index in [2.05, 4.69) is 65.6 Å². The third kappa shape index (κ3) is 1.99. The standard InChI is InChI=1S/C22H21N/c1-2-10-18-16(6-1)7-3-11-19(18)20-13-15-23-14-5-9-17-8-4-12-21(20)22(17)23/h1-4,6-8,10-12,20H,5,9,13-15H2. The number of hydrogen-bond acceptors (Lipinski definition) is 1. The van der Waals surface area contributed by atoms with Gasteiger partial charge in [0.2, 0.25) is 0 Å². The van der Waals surface area contributed by atoms with Gasteiger partial charge in [-0.15, -0.1) is 0 Å². The fourth-order valence-electron chi connectivity index (χ4n) is 4.59. The summed E-state index contributed by atoms with van der Waals surface area (Å²) in [5.74, 6) is 0.533. The van der Waals surface area contributed by atoms with E-state index >= 15 is 0 Å². The Morgan fingerprint density at radius 2 is 1.61 bits per heavy atom. The number of fused-ring (bicyclic) bond motifs is 1. The lowest BCUT2D eigenvalue weighted by atomic mass is 9.80. The largest absolute Gasteiger partial charge is 0.371 e. The highest BCUT2D eigenvalue weighted by atomic mass is 15.1. The van der Waals surface area contributed by atoms with Gasteiger partial charge in [-0.1, -0.05) is 60.7 Å². The van der Waals surface area contributed by atoms with Gasteiger partial charge in [-0.2, -0.15) is 0 Å². The highest BCUT2D eigenvalue weighted by Crippen LogP contribution is 2.44. The maximum Gasteiger partial charge on any atom is 0.0437 e. The van der Waals surface area contributed by atoms with Crippen molar-refractivity contribution in [2.75, 3.05) is 18.0 Å². The van der Waals surface area contributed by atoms with Crippen molar-refractivity contribution in [2.24, 2.45) is 0 Å². The van der Waals surface area contributed by atoms with Gasteiger partial charge in [0.05, 0.1) is 0 Å². The molecule has 0 amide bonds. The maximum absolute atomic E-state index is 2.62. The van der Waals surface area contributed by atoms with Gasteiger partial charge in [-0.05, 0) is 46.7 Å². The normalized spacial score (nSPS) is 19.7. The maximum atomic E-state index is 2.62. The second kappa shape index (κ2) is 5.13. The van der Waals surface area contributed by atoms with Crippen LogP contribution in [0.5, 0.6) is 0 Å². The lowest BCUT2D eigenvalue weighted by molar-refractivity contribution is 0.598. The first kappa shape index (κ1) is 13.2. The number of hydrogen-bond donors (Lipinski definition) is 0. The summed E-state index contributed by atoms with van der Waals surface area (Å²) in [4.78, 5) is 2.62. The number of anilines is 1. The Morgan fingerprint density at radius 1 is 0.783 bits per heavy atom. The average Bonchev–Trinajstić information content (AvgIpc) is 2.62. The van der Waals surface area contributed by atoms with E-state index in [0.29, 0.717) is 5.92 Å². The van der Waals surface area contributed by atoms with Gasteiger partial charge in [0.15, 0.2) is 0 Å². The first-order valence-corrected chi connectivity index (χ1v) is 8.76. The molecule has 3 aromatic carbocycles. The highest BCUT2D eigenvalue weighted by molar-refractivity contribution is 5.87. The minimum atomic E-state index is 0.533. The van der Waals surface area contributed by atoms with Crippen LogP contribution in [0.15, 0.2) is 60.7 Å². The molecule has 2 aliphatic heterocycles. The van der Waals surface area contributed by atoms with Crippen molar-refractivity contribution in [1.82, 2.24) is 0 Å². The van der Waals surface area contributed by atoms with E-state index in [1.165, 1.54) is 48.7 Å². The van der Waals surface area contributed by atoms with E-state index in [-0.39, 0.29) is 0 Å². The molecule has 5 rings (SSSR count). The van der Waals surface area contributed by atoms with Crippen LogP contribution in [0.2, 0.25) is 0 Å². The zero-order valence-corrected chi connectivity index (χ0v) is 13.3. The van der Waals surface area contributed by atoms with Crippen LogP contribution in [0.1, 0.15) is 35.4 Å². The summed E-state index contributed by atoms with van der Waals surface area (Å²) in [6.45, 7) is 2.42. The first-order chi connectivity index (χ1) is 11.4. The van der Waals surface area contributed by atoms with Crippen LogP contribution < -0.4 is 4.90 Å². The van der Waals surface area contributed by atoms with Crippen molar-refractivity contribution in [1.29, 1.82) is 0 Å². The summed E-state index contributed by atoms with van der Waals surface area (Å²) in [5.41, 5.74) is 6.15. The molecule has 0 aromatic heterocycles. The van der Waals surface area contributed by atoms with Crippen LogP contribution in [-0.4, -0.2) is 13.1 Å². The van der Waals surface area contributed by atoms with Crippen molar-refractivity contribution in [3.63, 3.8) is 0 Å². The predicted molar refractivity (Wildman–Crippen MR) is 97.4 cm³/mol. The summed E-state index contributed by atoms with van der Waals surface area (Å²) in [5, 5.41) is 2.78. The van der Waals surface area contributed by atoms with Crippen LogP contribution in [0.25, 0.3) is 10.8 Å². The Morgan fingerprint density at radius 3 is 2.61 bits per heavy atom. The van der Waals surface area contributed by atoms with Crippen molar-refractivity contribution < 1.29 is 0 Å². The second-order valence-electron chi connectivity index (χ2n) is 6.86. The van der Waals surface area contributed by atoms with E-state index in [9.17, 15) is 0 Å². The van der Waals surface area contributed by atoms with E-state index in [4.69, 9.17) is 0 Å². The number of aryl methyl sites for hydroxylation is 1. The molecule has 0 saturated carbocycles. The molecule has 0 spiro atoms. The number of para-hydroxylation sites is 1. The molecule has 1 heteroatoms. The van der Waals surface area contributed by atoms with Crippen LogP contribution in [-0.2, 0) is 6.42 Å². The van der Waals surface area contributed by atoms with Crippen molar-refractivity contribution in [2.45, 2.75) is 25.2 Å². The lowest BCUT2D eigenvalue weighted by Crippen LogP contribution is -2.36. The first-order valence-electron chi connectivity index (χ1n) is 8.76. The molecule has 1 unspecified atom stereocenters. The fourth-order valence-corrected chi connectivity index (χ4v) is 4.59. The summed E-state index contributed by atoms with van der Waals surface area (Å²) in [7, 11) is 0. The fraction of sp³-hybridized carbons (Fsp3) is 0.273. The van der Waals surface area contributed by atoms with Crippen LogP contribution >= 0.6 is 0 Å². The van der Waals surface area contributed by atoms with Crippen LogP contribution in [0, 0.1) is 0 Å². The molecule has 0 N–H and O–H groups in total. The minimum Gasteiger partial charge on any atom is -0.371 e. The molecule has 3 aromatic rings. The quantitative estimate of drug-likeness (QED) is 0.602. The third-order valence-corrected chi connectivity index (χ3v) is 5.60. The minimum absolute atomic E-state index is 0.533. The molecule has 0 saturated heterocycles. The van der Waals surface area contributed by atoms with Crippen LogP contribution in [0.4, 0.5) is 5.69 Å². The van der Waals surface area contributed by atoms with Gasteiger partial charge in [-0.25, -0.2) is 0 Å². The highest BCUT2D eigenvalue weighted by Gasteiger charge is 2.30. The third-order valence-electron chi connectivity index (χ3n) is 5.60. The predicted octanol–water partition coefficient (Wildman–Crippen LogP) is 5.13. The molecule has 114 valence electrons. The number of rotatable bonds is 1. The molecular weight excluding hydrogens is 278 g/mol. The Hall–Kier alpha value is -2.28. The van der Waals surface area contributed by atoms with Gasteiger partial charge in [0, 0.05) is 24.7 Å². The number of benzene rings is 3. The zero-order chi connectivity index (χ0) is 15.2. The zero-order valence-electron chi connectivity index (χ0n) is 13.3. The second-order valence-corrected chi connectivity index (χ2v) is 6.86. The van der Waals surface area contributed by atoms with Gasteiger partial charge in [-0.3, -0.25) is 0 Å². The Labute approximate surface area is 137 Å². The Bertz CT molecular complexity index is 875. The van der Waals surface area contributed by atoms with E-state index in [1.54, 1.807) is 16.8 Å². The van der Waals surface area contributed by atoms with Crippen molar-refractivity contribution >= 4 is 16.5 Å². The molecule has 0 fully saturated rings. The molecular formula is C22H21N. The SMILES string of the molecule is c1cc2c3c(c1)C(c1cccc4ccccc14)CCN3CCC2. The van der Waals surface area contributed by atoms with Crippen molar-refractivity contribution in [3.05, 3.63) is 77.4 Å². The van der Waals surface area contributed by atoms with Gasteiger partial charge in [0.25, 0.3) is 0 Å². The monoisotopic (exact) mass is 299 g/mol. The smallest absolute Gasteiger partial charge is 0.0437 e. The van der Waals surface area contributed by atoms with E-state index < -0.39 is 0 Å². The van der Waals surface area contributed by atoms with Crippen molar-refractivity contribution in [3.8, 4) is 0 Å². The van der Waals surface area contributed by atoms with Gasteiger partial charge < -0.3 is 4.90 Å². The summed E-state index contributed by atoms with van der Waals surface area (Å²) in [6, 6.07) is 22.6. The lowest BCUT2D eigenvalue weighted by Gasteiger charge is -2.40. The van der Waals surface area contributed by atoms with E-state index in [1.807, 2.05) is 0 Å². The van der Waals surface area contributed by atoms with E-state index in [0.717, 1.165) is 0 Å². The summed E-state index contributed by atoms with van der Waals surface area (Å²) < 4.78 is 0.